The van der Waals surface area contributed by atoms with Crippen molar-refractivity contribution in [1.82, 2.24) is 5.32 Å². The lowest BCUT2D eigenvalue weighted by atomic mass is 9.95. The zero-order valence-electron chi connectivity index (χ0n) is 16.7. The van der Waals surface area contributed by atoms with Crippen molar-refractivity contribution in [3.8, 4) is 0 Å². The van der Waals surface area contributed by atoms with E-state index in [1.807, 2.05) is 26.1 Å². The van der Waals surface area contributed by atoms with Gasteiger partial charge in [0.1, 0.15) is 5.82 Å². The van der Waals surface area contributed by atoms with Gasteiger partial charge in [0, 0.05) is 24.4 Å². The summed E-state index contributed by atoms with van der Waals surface area (Å²) in [6, 6.07) is 0.481. The Hall–Kier alpha value is -1.35. The second-order valence-corrected chi connectivity index (χ2v) is 7.90. The molecule has 144 valence electrons. The van der Waals surface area contributed by atoms with E-state index in [4.69, 9.17) is 16.6 Å². The fraction of sp³-hybridized carbons (Fsp3) is 0.636. The molecule has 0 bridgehead atoms. The summed E-state index contributed by atoms with van der Waals surface area (Å²) in [5.74, 6) is 1.52. The largest absolute Gasteiger partial charge is 0.368 e. The van der Waals surface area contributed by atoms with Crippen LogP contribution in [-0.4, -0.2) is 24.5 Å². The third-order valence-corrected chi connectivity index (χ3v) is 5.51. The van der Waals surface area contributed by atoms with Crippen LogP contribution in [0.2, 0.25) is 0 Å². The zero-order valence-corrected chi connectivity index (χ0v) is 17.4. The lowest BCUT2D eigenvalue weighted by molar-refractivity contribution is 0.396. The summed E-state index contributed by atoms with van der Waals surface area (Å²) >= 11 is 6.55. The second-order valence-electron chi connectivity index (χ2n) is 7.49. The number of hydrogen-bond donors (Lipinski definition) is 1. The topological polar surface area (TPSA) is 36.8 Å². The standard InChI is InChI=1S/C22H34ClN3/c1-5-21(23)22(26-17(4)25-19-10-8-7-9-11-19)20(15-24-6-2)16(3)14-18-12-13-18/h5,15,18-19,25H,4,6-14H2,1-3H3/b20-16?,21-5+,24-15?,26-22?. The van der Waals surface area contributed by atoms with E-state index in [0.29, 0.717) is 16.9 Å². The maximum atomic E-state index is 6.55. The molecule has 0 amide bonds. The molecule has 2 aliphatic carbocycles. The predicted molar refractivity (Wildman–Crippen MR) is 115 cm³/mol. The van der Waals surface area contributed by atoms with Crippen molar-refractivity contribution in [3.05, 3.63) is 34.7 Å². The fourth-order valence-corrected chi connectivity index (χ4v) is 3.59. The summed E-state index contributed by atoms with van der Waals surface area (Å²) in [7, 11) is 0. The lowest BCUT2D eigenvalue weighted by Crippen LogP contribution is -2.30. The summed E-state index contributed by atoms with van der Waals surface area (Å²) in [4.78, 5) is 9.29. The smallest absolute Gasteiger partial charge is 0.119 e. The second kappa shape index (κ2) is 10.7. The minimum absolute atomic E-state index is 0.481. The van der Waals surface area contributed by atoms with Crippen molar-refractivity contribution in [3.63, 3.8) is 0 Å². The summed E-state index contributed by atoms with van der Waals surface area (Å²) < 4.78 is 0. The number of allylic oxidation sites excluding steroid dienone is 4. The third kappa shape index (κ3) is 6.75. The number of aliphatic imine (C=N–C) groups is 2. The fourth-order valence-electron chi connectivity index (χ4n) is 3.45. The van der Waals surface area contributed by atoms with Crippen molar-refractivity contribution in [1.29, 1.82) is 0 Å². The van der Waals surface area contributed by atoms with Crippen LogP contribution >= 0.6 is 11.6 Å². The average molecular weight is 376 g/mol. The van der Waals surface area contributed by atoms with Gasteiger partial charge in [-0.1, -0.05) is 49.1 Å². The molecule has 0 saturated heterocycles. The van der Waals surface area contributed by atoms with Gasteiger partial charge in [0.15, 0.2) is 0 Å². The Morgan fingerprint density at radius 1 is 1.19 bits per heavy atom. The first kappa shape index (κ1) is 21.0. The molecule has 2 fully saturated rings. The molecule has 2 aliphatic rings. The molecule has 3 nitrogen and oxygen atoms in total. The molecule has 0 spiro atoms. The van der Waals surface area contributed by atoms with Crippen LogP contribution in [0.4, 0.5) is 0 Å². The van der Waals surface area contributed by atoms with Gasteiger partial charge in [-0.15, -0.1) is 0 Å². The zero-order chi connectivity index (χ0) is 18.9. The van der Waals surface area contributed by atoms with Gasteiger partial charge in [-0.3, -0.25) is 4.99 Å². The van der Waals surface area contributed by atoms with E-state index in [-0.39, 0.29) is 0 Å². The Morgan fingerprint density at radius 2 is 1.88 bits per heavy atom. The van der Waals surface area contributed by atoms with Gasteiger partial charge in [0.05, 0.1) is 10.7 Å². The Kier molecular flexibility index (Phi) is 8.64. The molecule has 0 atom stereocenters. The molecule has 0 aliphatic heterocycles. The molecular formula is C22H34ClN3. The highest BCUT2D eigenvalue weighted by molar-refractivity contribution is 6.48. The van der Waals surface area contributed by atoms with Crippen LogP contribution in [0.3, 0.4) is 0 Å². The number of halogens is 1. The van der Waals surface area contributed by atoms with Crippen molar-refractivity contribution in [2.24, 2.45) is 15.9 Å². The van der Waals surface area contributed by atoms with E-state index < -0.39 is 0 Å². The molecule has 0 radical (unpaired) electrons. The van der Waals surface area contributed by atoms with Crippen LogP contribution in [0.25, 0.3) is 0 Å². The molecular weight excluding hydrogens is 342 g/mol. The van der Waals surface area contributed by atoms with Crippen LogP contribution in [0.15, 0.2) is 44.6 Å². The Morgan fingerprint density at radius 3 is 2.46 bits per heavy atom. The number of hydrogen-bond acceptors (Lipinski definition) is 3. The van der Waals surface area contributed by atoms with Gasteiger partial charge in [-0.2, -0.15) is 0 Å². The van der Waals surface area contributed by atoms with E-state index >= 15 is 0 Å². The number of nitrogens with one attached hydrogen (secondary N) is 1. The summed E-state index contributed by atoms with van der Waals surface area (Å²) in [6.07, 6.45) is 13.9. The molecule has 2 rings (SSSR count). The molecule has 4 heteroatoms. The van der Waals surface area contributed by atoms with Crippen molar-refractivity contribution in [2.45, 2.75) is 78.2 Å². The van der Waals surface area contributed by atoms with Gasteiger partial charge in [-0.25, -0.2) is 4.99 Å². The summed E-state index contributed by atoms with van der Waals surface area (Å²) in [5.41, 5.74) is 3.15. The minimum Gasteiger partial charge on any atom is -0.368 e. The first-order valence-corrected chi connectivity index (χ1v) is 10.5. The van der Waals surface area contributed by atoms with E-state index in [1.165, 1.54) is 50.5 Å². The maximum Gasteiger partial charge on any atom is 0.119 e. The van der Waals surface area contributed by atoms with Crippen molar-refractivity contribution < 1.29 is 0 Å². The van der Waals surface area contributed by atoms with Crippen LogP contribution in [0.1, 0.15) is 72.1 Å². The summed E-state index contributed by atoms with van der Waals surface area (Å²) in [5, 5.41) is 4.15. The first-order chi connectivity index (χ1) is 12.5. The van der Waals surface area contributed by atoms with Crippen molar-refractivity contribution in [2.75, 3.05) is 6.54 Å². The van der Waals surface area contributed by atoms with Crippen LogP contribution in [0, 0.1) is 5.92 Å². The maximum absolute atomic E-state index is 6.55. The highest BCUT2D eigenvalue weighted by atomic mass is 35.5. The Balaban J connectivity index is 2.26. The molecule has 0 heterocycles. The number of rotatable bonds is 9. The Labute approximate surface area is 164 Å². The van der Waals surface area contributed by atoms with Gasteiger partial charge in [0.2, 0.25) is 0 Å². The van der Waals surface area contributed by atoms with Gasteiger partial charge in [0.25, 0.3) is 0 Å². The molecule has 0 unspecified atom stereocenters. The van der Waals surface area contributed by atoms with Gasteiger partial charge >= 0.3 is 0 Å². The monoisotopic (exact) mass is 375 g/mol. The van der Waals surface area contributed by atoms with Crippen LogP contribution in [0.5, 0.6) is 0 Å². The molecule has 0 aromatic carbocycles. The van der Waals surface area contributed by atoms with Gasteiger partial charge < -0.3 is 5.32 Å². The third-order valence-electron chi connectivity index (χ3n) is 5.11. The average Bonchev–Trinajstić information content (AvgIpc) is 3.45. The van der Waals surface area contributed by atoms with E-state index in [0.717, 1.165) is 30.2 Å². The van der Waals surface area contributed by atoms with Crippen molar-refractivity contribution >= 4 is 23.5 Å². The Bertz CT molecular complexity index is 603. The quantitative estimate of drug-likeness (QED) is 0.480. The molecule has 1 N–H and O–H groups in total. The molecule has 0 aromatic heterocycles. The van der Waals surface area contributed by atoms with E-state index in [2.05, 4.69) is 23.8 Å². The number of nitrogens with zero attached hydrogens (tertiary/aromatic N) is 2. The highest BCUT2D eigenvalue weighted by Gasteiger charge is 2.24. The summed E-state index contributed by atoms with van der Waals surface area (Å²) in [6.45, 7) is 11.1. The molecule has 2 saturated carbocycles. The van der Waals surface area contributed by atoms with Crippen LogP contribution in [-0.2, 0) is 0 Å². The highest BCUT2D eigenvalue weighted by Crippen LogP contribution is 2.36. The predicted octanol–water partition coefficient (Wildman–Crippen LogP) is 6.17. The normalized spacial score (nSPS) is 21.1. The SMILES string of the molecule is C=C(N=C(C(C=NCC)=C(C)CC1CC1)/C(Cl)=C\C)NC1CCCCC1. The first-order valence-electron chi connectivity index (χ1n) is 10.1. The minimum atomic E-state index is 0.481. The molecule has 26 heavy (non-hydrogen) atoms. The van der Waals surface area contributed by atoms with E-state index in [1.54, 1.807) is 0 Å². The lowest BCUT2D eigenvalue weighted by Gasteiger charge is -2.24. The molecule has 0 aromatic rings. The van der Waals surface area contributed by atoms with Gasteiger partial charge in [-0.05, 0) is 58.8 Å². The van der Waals surface area contributed by atoms with Crippen LogP contribution < -0.4 is 5.32 Å². The van der Waals surface area contributed by atoms with E-state index in [9.17, 15) is 0 Å².